The summed E-state index contributed by atoms with van der Waals surface area (Å²) < 4.78 is 0. The number of aliphatic hydroxyl groups is 1. The first-order valence-corrected chi connectivity index (χ1v) is 5.96. The highest BCUT2D eigenvalue weighted by Gasteiger charge is 2.20. The van der Waals surface area contributed by atoms with Crippen LogP contribution in [0.1, 0.15) is 32.3 Å². The van der Waals surface area contributed by atoms with Gasteiger partial charge in [0.1, 0.15) is 0 Å². The largest absolute Gasteiger partial charge is 0.390 e. The van der Waals surface area contributed by atoms with Crippen LogP contribution < -0.4 is 5.32 Å². The summed E-state index contributed by atoms with van der Waals surface area (Å²) in [5.41, 5.74) is 0.437. The van der Waals surface area contributed by atoms with Crippen LogP contribution >= 0.6 is 0 Å². The highest BCUT2D eigenvalue weighted by atomic mass is 16.3. The van der Waals surface area contributed by atoms with Crippen molar-refractivity contribution in [2.75, 3.05) is 13.1 Å². The summed E-state index contributed by atoms with van der Waals surface area (Å²) >= 11 is 0. The minimum absolute atomic E-state index is 0.649. The molecule has 0 radical (unpaired) electrons. The van der Waals surface area contributed by atoms with Crippen molar-refractivity contribution in [3.63, 3.8) is 0 Å². The lowest BCUT2D eigenvalue weighted by atomic mass is 9.94. The van der Waals surface area contributed by atoms with E-state index < -0.39 is 5.60 Å². The molecule has 2 N–H and O–H groups in total. The fourth-order valence-electron chi connectivity index (χ4n) is 1.69. The van der Waals surface area contributed by atoms with Crippen molar-refractivity contribution in [2.24, 2.45) is 0 Å². The van der Waals surface area contributed by atoms with Crippen molar-refractivity contribution in [1.29, 1.82) is 0 Å². The lowest BCUT2D eigenvalue weighted by Crippen LogP contribution is -2.32. The second kappa shape index (κ2) is 6.61. The maximum atomic E-state index is 10.2. The summed E-state index contributed by atoms with van der Waals surface area (Å²) in [4.78, 5) is 4.05. The van der Waals surface area contributed by atoms with Gasteiger partial charge >= 0.3 is 0 Å². The van der Waals surface area contributed by atoms with Gasteiger partial charge < -0.3 is 10.4 Å². The molecule has 0 bridgehead atoms. The summed E-state index contributed by atoms with van der Waals surface area (Å²) in [5, 5.41) is 13.5. The SMILES string of the molecule is CCCNCCC(C)(O)Cc1cccnc1. The second-order valence-corrected chi connectivity index (χ2v) is 4.53. The third-order valence-corrected chi connectivity index (χ3v) is 2.57. The van der Waals surface area contributed by atoms with Gasteiger partial charge in [-0.3, -0.25) is 4.98 Å². The lowest BCUT2D eigenvalue weighted by Gasteiger charge is -2.23. The summed E-state index contributed by atoms with van der Waals surface area (Å²) in [7, 11) is 0. The van der Waals surface area contributed by atoms with Crippen LogP contribution in [0.15, 0.2) is 24.5 Å². The van der Waals surface area contributed by atoms with Crippen LogP contribution in [0.5, 0.6) is 0 Å². The monoisotopic (exact) mass is 222 g/mol. The Kier molecular flexibility index (Phi) is 5.43. The van der Waals surface area contributed by atoms with Crippen LogP contribution in [0.2, 0.25) is 0 Å². The number of rotatable bonds is 7. The molecule has 1 rings (SSSR count). The number of aromatic nitrogens is 1. The van der Waals surface area contributed by atoms with Crippen molar-refractivity contribution in [1.82, 2.24) is 10.3 Å². The zero-order chi connectivity index (χ0) is 11.9. The Morgan fingerprint density at radius 2 is 2.25 bits per heavy atom. The summed E-state index contributed by atoms with van der Waals surface area (Å²) in [6.07, 6.45) is 6.12. The Balaban J connectivity index is 2.33. The van der Waals surface area contributed by atoms with Crippen molar-refractivity contribution in [3.05, 3.63) is 30.1 Å². The normalized spacial score (nSPS) is 14.7. The molecule has 0 fully saturated rings. The van der Waals surface area contributed by atoms with E-state index in [9.17, 15) is 5.11 Å². The number of hydrogen-bond donors (Lipinski definition) is 2. The van der Waals surface area contributed by atoms with E-state index in [1.807, 2.05) is 25.3 Å². The van der Waals surface area contributed by atoms with E-state index in [1.165, 1.54) is 0 Å². The van der Waals surface area contributed by atoms with Crippen LogP contribution in [-0.2, 0) is 6.42 Å². The van der Waals surface area contributed by atoms with Gasteiger partial charge in [-0.05, 0) is 44.5 Å². The van der Waals surface area contributed by atoms with E-state index in [2.05, 4.69) is 17.2 Å². The van der Waals surface area contributed by atoms with Crippen LogP contribution in [0.25, 0.3) is 0 Å². The third-order valence-electron chi connectivity index (χ3n) is 2.57. The quantitative estimate of drug-likeness (QED) is 0.691. The minimum atomic E-state index is -0.649. The third kappa shape index (κ3) is 5.24. The zero-order valence-corrected chi connectivity index (χ0v) is 10.2. The van der Waals surface area contributed by atoms with Crippen molar-refractivity contribution in [3.8, 4) is 0 Å². The maximum absolute atomic E-state index is 10.2. The van der Waals surface area contributed by atoms with Gasteiger partial charge in [-0.2, -0.15) is 0 Å². The molecule has 16 heavy (non-hydrogen) atoms. The molecule has 1 heterocycles. The second-order valence-electron chi connectivity index (χ2n) is 4.53. The number of nitrogens with zero attached hydrogens (tertiary/aromatic N) is 1. The van der Waals surface area contributed by atoms with Gasteiger partial charge in [-0.15, -0.1) is 0 Å². The van der Waals surface area contributed by atoms with E-state index >= 15 is 0 Å². The molecule has 0 aliphatic heterocycles. The van der Waals surface area contributed by atoms with Gasteiger partial charge in [0.25, 0.3) is 0 Å². The zero-order valence-electron chi connectivity index (χ0n) is 10.2. The smallest absolute Gasteiger partial charge is 0.0672 e. The average molecular weight is 222 g/mol. The molecule has 3 nitrogen and oxygen atoms in total. The lowest BCUT2D eigenvalue weighted by molar-refractivity contribution is 0.0515. The molecule has 3 heteroatoms. The van der Waals surface area contributed by atoms with Gasteiger partial charge in [0.15, 0.2) is 0 Å². The van der Waals surface area contributed by atoms with Crippen LogP contribution in [-0.4, -0.2) is 28.8 Å². The van der Waals surface area contributed by atoms with Crippen LogP contribution in [0.3, 0.4) is 0 Å². The van der Waals surface area contributed by atoms with Gasteiger partial charge in [0.2, 0.25) is 0 Å². The molecule has 0 saturated carbocycles. The Morgan fingerprint density at radius 3 is 2.88 bits per heavy atom. The maximum Gasteiger partial charge on any atom is 0.0672 e. The average Bonchev–Trinajstić information content (AvgIpc) is 2.25. The van der Waals surface area contributed by atoms with Gasteiger partial charge in [-0.1, -0.05) is 13.0 Å². The summed E-state index contributed by atoms with van der Waals surface area (Å²) in [6, 6.07) is 3.90. The van der Waals surface area contributed by atoms with Crippen LogP contribution in [0, 0.1) is 0 Å². The first-order valence-electron chi connectivity index (χ1n) is 5.96. The van der Waals surface area contributed by atoms with Gasteiger partial charge in [0.05, 0.1) is 5.60 Å². The van der Waals surface area contributed by atoms with E-state index in [4.69, 9.17) is 0 Å². The fraction of sp³-hybridized carbons (Fsp3) is 0.615. The van der Waals surface area contributed by atoms with Crippen LogP contribution in [0.4, 0.5) is 0 Å². The van der Waals surface area contributed by atoms with Gasteiger partial charge in [-0.25, -0.2) is 0 Å². The van der Waals surface area contributed by atoms with E-state index in [0.717, 1.165) is 31.5 Å². The molecule has 1 aromatic rings. The molecule has 1 unspecified atom stereocenters. The summed E-state index contributed by atoms with van der Waals surface area (Å²) in [6.45, 7) is 5.90. The van der Waals surface area contributed by atoms with Gasteiger partial charge in [0, 0.05) is 18.8 Å². The standard InChI is InChI=1S/C13H22N2O/c1-3-7-14-9-6-13(2,16)10-12-5-4-8-15-11-12/h4-5,8,11,14,16H,3,6-7,9-10H2,1-2H3. The van der Waals surface area contributed by atoms with Crippen molar-refractivity contribution >= 4 is 0 Å². The highest BCUT2D eigenvalue weighted by Crippen LogP contribution is 2.15. The molecule has 90 valence electrons. The Morgan fingerprint density at radius 1 is 1.44 bits per heavy atom. The minimum Gasteiger partial charge on any atom is -0.390 e. The van der Waals surface area contributed by atoms with E-state index in [0.29, 0.717) is 6.42 Å². The fourth-order valence-corrected chi connectivity index (χ4v) is 1.69. The predicted molar refractivity (Wildman–Crippen MR) is 66.3 cm³/mol. The number of hydrogen-bond acceptors (Lipinski definition) is 3. The topological polar surface area (TPSA) is 45.1 Å². The molecule has 0 amide bonds. The first kappa shape index (κ1) is 13.1. The Bertz CT molecular complexity index is 285. The molecule has 0 aliphatic rings. The van der Waals surface area contributed by atoms with Crippen molar-refractivity contribution < 1.29 is 5.11 Å². The highest BCUT2D eigenvalue weighted by molar-refractivity contribution is 5.11. The molecule has 0 aromatic carbocycles. The number of pyridine rings is 1. The summed E-state index contributed by atoms with van der Waals surface area (Å²) in [5.74, 6) is 0. The first-order chi connectivity index (χ1) is 7.64. The molecular formula is C13H22N2O. The molecule has 0 spiro atoms. The molecule has 1 atom stereocenters. The molecule has 1 aromatic heterocycles. The van der Waals surface area contributed by atoms with E-state index in [-0.39, 0.29) is 0 Å². The number of nitrogens with one attached hydrogen (secondary N) is 1. The molecule has 0 saturated heterocycles. The predicted octanol–water partition coefficient (Wildman–Crippen LogP) is 1.76. The molecule has 0 aliphatic carbocycles. The van der Waals surface area contributed by atoms with Crippen molar-refractivity contribution in [2.45, 2.75) is 38.7 Å². The Hall–Kier alpha value is -0.930. The molecular weight excluding hydrogens is 200 g/mol. The Labute approximate surface area is 97.9 Å². The van der Waals surface area contributed by atoms with E-state index in [1.54, 1.807) is 6.20 Å².